The summed E-state index contributed by atoms with van der Waals surface area (Å²) < 4.78 is 6.31. The lowest BCUT2D eigenvalue weighted by molar-refractivity contribution is 0.670. The fourth-order valence-corrected chi connectivity index (χ4v) is 4.63. The SMILES string of the molecule is CCc1nc(-c2cccc3c2oc2ccccc23)c2ccc3cc(C)nc(C)c3c2n1. The van der Waals surface area contributed by atoms with Crippen LogP contribution in [0.2, 0.25) is 0 Å². The van der Waals surface area contributed by atoms with Gasteiger partial charge in [0.05, 0.1) is 11.2 Å². The van der Waals surface area contributed by atoms with E-state index in [-0.39, 0.29) is 0 Å². The zero-order valence-electron chi connectivity index (χ0n) is 17.7. The molecule has 0 aliphatic heterocycles. The summed E-state index contributed by atoms with van der Waals surface area (Å²) in [6.07, 6.45) is 0.758. The van der Waals surface area contributed by atoms with Gasteiger partial charge in [0, 0.05) is 44.9 Å². The molecule has 0 atom stereocenters. The van der Waals surface area contributed by atoms with Crippen LogP contribution in [0.1, 0.15) is 24.1 Å². The van der Waals surface area contributed by atoms with Crippen LogP contribution in [0.3, 0.4) is 0 Å². The highest BCUT2D eigenvalue weighted by Crippen LogP contribution is 2.38. The summed E-state index contributed by atoms with van der Waals surface area (Å²) in [5.74, 6) is 0.822. The van der Waals surface area contributed by atoms with Gasteiger partial charge in [-0.2, -0.15) is 0 Å². The van der Waals surface area contributed by atoms with Gasteiger partial charge < -0.3 is 4.42 Å². The molecule has 3 aromatic carbocycles. The van der Waals surface area contributed by atoms with Gasteiger partial charge in [-0.05, 0) is 43.5 Å². The Bertz CT molecular complexity index is 1650. The maximum atomic E-state index is 6.31. The van der Waals surface area contributed by atoms with E-state index in [2.05, 4.69) is 56.3 Å². The van der Waals surface area contributed by atoms with E-state index >= 15 is 0 Å². The third kappa shape index (κ3) is 2.65. The molecule has 4 heteroatoms. The van der Waals surface area contributed by atoms with E-state index in [0.717, 1.165) is 78.5 Å². The van der Waals surface area contributed by atoms with Crippen molar-refractivity contribution in [3.8, 4) is 11.3 Å². The van der Waals surface area contributed by atoms with Gasteiger partial charge in [0.15, 0.2) is 0 Å². The van der Waals surface area contributed by atoms with Gasteiger partial charge in [0.1, 0.15) is 17.0 Å². The molecule has 31 heavy (non-hydrogen) atoms. The normalized spacial score (nSPS) is 11.8. The molecule has 0 N–H and O–H groups in total. The molecule has 0 unspecified atom stereocenters. The number of fused-ring (bicyclic) bond motifs is 6. The maximum Gasteiger partial charge on any atom is 0.144 e. The van der Waals surface area contributed by atoms with Gasteiger partial charge in [0.2, 0.25) is 0 Å². The Morgan fingerprint density at radius 1 is 0.806 bits per heavy atom. The number of rotatable bonds is 2. The van der Waals surface area contributed by atoms with E-state index in [0.29, 0.717) is 0 Å². The highest BCUT2D eigenvalue weighted by Gasteiger charge is 2.18. The van der Waals surface area contributed by atoms with Crippen molar-refractivity contribution in [1.29, 1.82) is 0 Å². The number of benzene rings is 3. The number of aryl methyl sites for hydroxylation is 3. The minimum atomic E-state index is 0.758. The summed E-state index contributed by atoms with van der Waals surface area (Å²) in [4.78, 5) is 14.6. The summed E-state index contributed by atoms with van der Waals surface area (Å²) >= 11 is 0. The van der Waals surface area contributed by atoms with Crippen molar-refractivity contribution in [2.75, 3.05) is 0 Å². The molecule has 0 amide bonds. The van der Waals surface area contributed by atoms with Crippen LogP contribution in [0, 0.1) is 13.8 Å². The van der Waals surface area contributed by atoms with Crippen molar-refractivity contribution < 1.29 is 4.42 Å². The van der Waals surface area contributed by atoms with Crippen LogP contribution in [0.25, 0.3) is 54.9 Å². The Labute approximate surface area is 179 Å². The number of nitrogens with zero attached hydrogens (tertiary/aromatic N) is 3. The predicted octanol–water partition coefficient (Wildman–Crippen LogP) is 6.92. The first kappa shape index (κ1) is 18.0. The lowest BCUT2D eigenvalue weighted by Gasteiger charge is -2.12. The molecular formula is C27H21N3O. The van der Waals surface area contributed by atoms with Crippen molar-refractivity contribution in [1.82, 2.24) is 15.0 Å². The molecule has 3 heterocycles. The largest absolute Gasteiger partial charge is 0.455 e. The molecule has 6 rings (SSSR count). The van der Waals surface area contributed by atoms with E-state index in [1.165, 1.54) is 0 Å². The molecule has 150 valence electrons. The Hall–Kier alpha value is -3.79. The highest BCUT2D eigenvalue weighted by molar-refractivity contribution is 6.14. The molecule has 0 spiro atoms. The standard InChI is InChI=1S/C27H21N3O/c1-4-23-29-25(20-13-12-17-14-15(2)28-16(3)24(17)26(20)30-23)21-10-7-9-19-18-8-5-6-11-22(18)31-27(19)21/h5-14H,4H2,1-3H3. The third-order valence-electron chi connectivity index (χ3n) is 5.99. The second kappa shape index (κ2) is 6.61. The second-order valence-corrected chi connectivity index (χ2v) is 8.03. The maximum absolute atomic E-state index is 6.31. The molecule has 0 aliphatic rings. The highest BCUT2D eigenvalue weighted by atomic mass is 16.3. The van der Waals surface area contributed by atoms with Crippen LogP contribution >= 0.6 is 0 Å². The zero-order valence-corrected chi connectivity index (χ0v) is 17.7. The van der Waals surface area contributed by atoms with E-state index in [1.54, 1.807) is 0 Å². The first-order valence-corrected chi connectivity index (χ1v) is 10.6. The van der Waals surface area contributed by atoms with Gasteiger partial charge in [-0.3, -0.25) is 4.98 Å². The lowest BCUT2D eigenvalue weighted by Crippen LogP contribution is -1.99. The number of pyridine rings is 1. The van der Waals surface area contributed by atoms with E-state index in [1.807, 2.05) is 25.1 Å². The van der Waals surface area contributed by atoms with Crippen LogP contribution in [0.5, 0.6) is 0 Å². The molecule has 0 saturated heterocycles. The quantitative estimate of drug-likeness (QED) is 0.294. The number of aromatic nitrogens is 3. The number of hydrogen-bond donors (Lipinski definition) is 0. The van der Waals surface area contributed by atoms with Crippen molar-refractivity contribution in [3.63, 3.8) is 0 Å². The van der Waals surface area contributed by atoms with Crippen LogP contribution in [-0.4, -0.2) is 15.0 Å². The minimum Gasteiger partial charge on any atom is -0.455 e. The Balaban J connectivity index is 1.77. The van der Waals surface area contributed by atoms with Gasteiger partial charge in [-0.15, -0.1) is 0 Å². The van der Waals surface area contributed by atoms with E-state index < -0.39 is 0 Å². The topological polar surface area (TPSA) is 51.8 Å². The molecular weight excluding hydrogens is 382 g/mol. The van der Waals surface area contributed by atoms with Crippen LogP contribution < -0.4 is 0 Å². The fraction of sp³-hybridized carbons (Fsp3) is 0.148. The zero-order chi connectivity index (χ0) is 21.1. The Kier molecular flexibility index (Phi) is 3.84. The third-order valence-corrected chi connectivity index (χ3v) is 5.99. The van der Waals surface area contributed by atoms with Crippen molar-refractivity contribution in [2.45, 2.75) is 27.2 Å². The molecule has 0 bridgehead atoms. The van der Waals surface area contributed by atoms with Gasteiger partial charge in [0.25, 0.3) is 0 Å². The molecule has 6 aromatic rings. The first-order valence-electron chi connectivity index (χ1n) is 10.6. The molecule has 4 nitrogen and oxygen atoms in total. The van der Waals surface area contributed by atoms with Gasteiger partial charge in [-0.1, -0.05) is 43.3 Å². The summed E-state index contributed by atoms with van der Waals surface area (Å²) in [7, 11) is 0. The monoisotopic (exact) mass is 403 g/mol. The van der Waals surface area contributed by atoms with Crippen molar-refractivity contribution >= 4 is 43.6 Å². The fourth-order valence-electron chi connectivity index (χ4n) is 4.63. The first-order chi connectivity index (χ1) is 15.1. The van der Waals surface area contributed by atoms with E-state index in [9.17, 15) is 0 Å². The van der Waals surface area contributed by atoms with Gasteiger partial charge in [-0.25, -0.2) is 9.97 Å². The van der Waals surface area contributed by atoms with E-state index in [4.69, 9.17) is 19.4 Å². The number of para-hydroxylation sites is 2. The second-order valence-electron chi connectivity index (χ2n) is 8.03. The summed E-state index contributed by atoms with van der Waals surface area (Å²) in [5, 5.41) is 5.50. The van der Waals surface area contributed by atoms with Crippen LogP contribution in [-0.2, 0) is 6.42 Å². The Morgan fingerprint density at radius 2 is 1.65 bits per heavy atom. The smallest absolute Gasteiger partial charge is 0.144 e. The summed E-state index contributed by atoms with van der Waals surface area (Å²) in [6, 6.07) is 20.9. The predicted molar refractivity (Wildman–Crippen MR) is 126 cm³/mol. The molecule has 3 aromatic heterocycles. The lowest BCUT2D eigenvalue weighted by atomic mass is 9.99. The molecule has 0 aliphatic carbocycles. The number of furan rings is 1. The molecule has 0 saturated carbocycles. The molecule has 0 radical (unpaired) electrons. The average molecular weight is 403 g/mol. The minimum absolute atomic E-state index is 0.758. The summed E-state index contributed by atoms with van der Waals surface area (Å²) in [5.41, 5.74) is 6.62. The summed E-state index contributed by atoms with van der Waals surface area (Å²) in [6.45, 7) is 6.18. The molecule has 0 fully saturated rings. The van der Waals surface area contributed by atoms with Crippen molar-refractivity contribution in [2.24, 2.45) is 0 Å². The van der Waals surface area contributed by atoms with Gasteiger partial charge >= 0.3 is 0 Å². The van der Waals surface area contributed by atoms with Crippen molar-refractivity contribution in [3.05, 3.63) is 77.9 Å². The Morgan fingerprint density at radius 3 is 2.52 bits per heavy atom. The van der Waals surface area contributed by atoms with Crippen LogP contribution in [0.15, 0.2) is 65.1 Å². The number of hydrogen-bond acceptors (Lipinski definition) is 4. The van der Waals surface area contributed by atoms with Crippen LogP contribution in [0.4, 0.5) is 0 Å². The average Bonchev–Trinajstić information content (AvgIpc) is 3.16.